The Morgan fingerprint density at radius 1 is 1.32 bits per heavy atom. The van der Waals surface area contributed by atoms with Crippen LogP contribution in [-0.2, 0) is 11.2 Å². The number of hydrogen-bond acceptors (Lipinski definition) is 3. The quantitative estimate of drug-likeness (QED) is 0.914. The zero-order chi connectivity index (χ0) is 13.1. The Hall–Kier alpha value is -0.510. The van der Waals surface area contributed by atoms with Crippen molar-refractivity contribution in [3.05, 3.63) is 29.8 Å². The summed E-state index contributed by atoms with van der Waals surface area (Å²) in [6.45, 7) is 6.50. The average Bonchev–Trinajstić information content (AvgIpc) is 2.82. The topological polar surface area (TPSA) is 21.3 Å². The van der Waals surface area contributed by atoms with Gasteiger partial charge in [0, 0.05) is 36.4 Å². The van der Waals surface area contributed by atoms with Gasteiger partial charge >= 0.3 is 0 Å². The van der Waals surface area contributed by atoms with Gasteiger partial charge in [0.1, 0.15) is 0 Å². The van der Waals surface area contributed by atoms with Gasteiger partial charge in [-0.15, -0.1) is 11.8 Å². The number of benzene rings is 1. The molecule has 1 saturated heterocycles. The highest BCUT2D eigenvalue weighted by molar-refractivity contribution is 8.00. The van der Waals surface area contributed by atoms with Gasteiger partial charge in [0.2, 0.25) is 0 Å². The molecule has 104 valence electrons. The summed E-state index contributed by atoms with van der Waals surface area (Å²) < 4.78 is 5.46. The number of rotatable bonds is 4. The summed E-state index contributed by atoms with van der Waals surface area (Å²) in [5.41, 5.74) is 1.96. The lowest BCUT2D eigenvalue weighted by molar-refractivity contribution is 0.0242. The SMILES string of the molecule is CC1(CNCC2Cc3ccccc3S2)CCOCC1. The maximum Gasteiger partial charge on any atom is 0.0471 e. The van der Waals surface area contributed by atoms with Crippen LogP contribution in [0.15, 0.2) is 29.2 Å². The van der Waals surface area contributed by atoms with Crippen molar-refractivity contribution in [2.24, 2.45) is 5.41 Å². The van der Waals surface area contributed by atoms with Gasteiger partial charge in [0.15, 0.2) is 0 Å². The van der Waals surface area contributed by atoms with E-state index in [1.807, 2.05) is 11.8 Å². The zero-order valence-corrected chi connectivity index (χ0v) is 12.5. The fourth-order valence-corrected chi connectivity index (χ4v) is 4.23. The third-order valence-corrected chi connectivity index (χ3v) is 5.66. The average molecular weight is 277 g/mol. The van der Waals surface area contributed by atoms with E-state index in [2.05, 4.69) is 36.5 Å². The van der Waals surface area contributed by atoms with Crippen molar-refractivity contribution in [2.45, 2.75) is 36.3 Å². The smallest absolute Gasteiger partial charge is 0.0471 e. The number of fused-ring (bicyclic) bond motifs is 1. The largest absolute Gasteiger partial charge is 0.381 e. The third kappa shape index (κ3) is 3.33. The summed E-state index contributed by atoms with van der Waals surface area (Å²) in [4.78, 5) is 1.48. The van der Waals surface area contributed by atoms with Crippen LogP contribution >= 0.6 is 11.8 Å². The molecule has 1 fully saturated rings. The minimum atomic E-state index is 0.439. The molecular weight excluding hydrogens is 254 g/mol. The van der Waals surface area contributed by atoms with E-state index in [1.54, 1.807) is 0 Å². The van der Waals surface area contributed by atoms with Crippen LogP contribution in [0.2, 0.25) is 0 Å². The highest BCUT2D eigenvalue weighted by Crippen LogP contribution is 2.36. The molecule has 0 bridgehead atoms. The first-order chi connectivity index (χ1) is 9.25. The highest BCUT2D eigenvalue weighted by atomic mass is 32.2. The molecule has 0 amide bonds. The van der Waals surface area contributed by atoms with Crippen molar-refractivity contribution >= 4 is 11.8 Å². The molecule has 2 nitrogen and oxygen atoms in total. The lowest BCUT2D eigenvalue weighted by Crippen LogP contribution is -2.39. The van der Waals surface area contributed by atoms with Crippen molar-refractivity contribution in [1.82, 2.24) is 5.32 Å². The first kappa shape index (κ1) is 13.5. The Balaban J connectivity index is 1.44. The monoisotopic (exact) mass is 277 g/mol. The van der Waals surface area contributed by atoms with Crippen LogP contribution in [0.25, 0.3) is 0 Å². The fraction of sp³-hybridized carbons (Fsp3) is 0.625. The first-order valence-corrected chi connectivity index (χ1v) is 8.16. The number of ether oxygens (including phenoxy) is 1. The summed E-state index contributed by atoms with van der Waals surface area (Å²) in [7, 11) is 0. The summed E-state index contributed by atoms with van der Waals surface area (Å²) in [6.07, 6.45) is 3.60. The molecule has 1 unspecified atom stereocenters. The minimum Gasteiger partial charge on any atom is -0.381 e. The van der Waals surface area contributed by atoms with Crippen LogP contribution in [0.3, 0.4) is 0 Å². The van der Waals surface area contributed by atoms with Gasteiger partial charge in [-0.05, 0) is 36.3 Å². The number of thioether (sulfide) groups is 1. The second-order valence-electron chi connectivity index (χ2n) is 6.11. The molecular formula is C16H23NOS. The molecule has 0 saturated carbocycles. The van der Waals surface area contributed by atoms with Gasteiger partial charge in [0.05, 0.1) is 0 Å². The van der Waals surface area contributed by atoms with Crippen molar-refractivity contribution in [3.8, 4) is 0 Å². The van der Waals surface area contributed by atoms with E-state index in [9.17, 15) is 0 Å². The molecule has 2 aliphatic rings. The zero-order valence-electron chi connectivity index (χ0n) is 11.7. The van der Waals surface area contributed by atoms with E-state index in [0.717, 1.165) is 26.3 Å². The van der Waals surface area contributed by atoms with Gasteiger partial charge in [-0.2, -0.15) is 0 Å². The molecule has 1 aromatic rings. The van der Waals surface area contributed by atoms with Gasteiger partial charge in [-0.25, -0.2) is 0 Å². The number of nitrogens with one attached hydrogen (secondary N) is 1. The second kappa shape index (κ2) is 5.86. The fourth-order valence-electron chi connectivity index (χ4n) is 2.94. The maximum atomic E-state index is 5.46. The summed E-state index contributed by atoms with van der Waals surface area (Å²) in [5, 5.41) is 4.41. The van der Waals surface area contributed by atoms with Crippen molar-refractivity contribution in [1.29, 1.82) is 0 Å². The molecule has 1 atom stereocenters. The standard InChI is InChI=1S/C16H23NOS/c1-16(6-8-18-9-7-16)12-17-11-14-10-13-4-2-3-5-15(13)19-14/h2-5,14,17H,6-12H2,1H3. The van der Waals surface area contributed by atoms with Crippen LogP contribution in [0.1, 0.15) is 25.3 Å². The lowest BCUT2D eigenvalue weighted by atomic mass is 9.82. The van der Waals surface area contributed by atoms with Gasteiger partial charge in [-0.1, -0.05) is 25.1 Å². The Labute approximate surface area is 120 Å². The molecule has 0 aliphatic carbocycles. The van der Waals surface area contributed by atoms with Crippen LogP contribution in [0.5, 0.6) is 0 Å². The van der Waals surface area contributed by atoms with Crippen LogP contribution in [-0.4, -0.2) is 31.6 Å². The van der Waals surface area contributed by atoms with E-state index >= 15 is 0 Å². The highest BCUT2D eigenvalue weighted by Gasteiger charge is 2.28. The van der Waals surface area contributed by atoms with Crippen molar-refractivity contribution in [2.75, 3.05) is 26.3 Å². The van der Waals surface area contributed by atoms with E-state index in [-0.39, 0.29) is 0 Å². The maximum absolute atomic E-state index is 5.46. The van der Waals surface area contributed by atoms with E-state index < -0.39 is 0 Å². The molecule has 2 aliphatic heterocycles. The Morgan fingerprint density at radius 2 is 2.11 bits per heavy atom. The Morgan fingerprint density at radius 3 is 2.89 bits per heavy atom. The third-order valence-electron chi connectivity index (χ3n) is 4.34. The van der Waals surface area contributed by atoms with Gasteiger partial charge in [0.25, 0.3) is 0 Å². The number of hydrogen-bond donors (Lipinski definition) is 1. The summed E-state index contributed by atoms with van der Waals surface area (Å²) >= 11 is 2.03. The molecule has 19 heavy (non-hydrogen) atoms. The Kier molecular flexibility index (Phi) is 4.15. The van der Waals surface area contributed by atoms with E-state index in [0.29, 0.717) is 10.7 Å². The van der Waals surface area contributed by atoms with Crippen molar-refractivity contribution in [3.63, 3.8) is 0 Å². The van der Waals surface area contributed by atoms with E-state index in [4.69, 9.17) is 4.74 Å². The first-order valence-electron chi connectivity index (χ1n) is 7.28. The molecule has 2 heterocycles. The van der Waals surface area contributed by atoms with Crippen LogP contribution < -0.4 is 5.32 Å². The van der Waals surface area contributed by atoms with E-state index in [1.165, 1.54) is 29.7 Å². The molecule has 3 rings (SSSR count). The molecule has 1 aromatic carbocycles. The summed E-state index contributed by atoms with van der Waals surface area (Å²) in [5.74, 6) is 0. The molecule has 1 N–H and O–H groups in total. The van der Waals surface area contributed by atoms with Crippen LogP contribution in [0, 0.1) is 5.41 Å². The molecule has 0 aromatic heterocycles. The van der Waals surface area contributed by atoms with Gasteiger partial charge < -0.3 is 10.1 Å². The molecule has 0 radical (unpaired) electrons. The second-order valence-corrected chi connectivity index (χ2v) is 7.45. The van der Waals surface area contributed by atoms with Crippen molar-refractivity contribution < 1.29 is 4.74 Å². The molecule has 0 spiro atoms. The Bertz CT molecular complexity index is 404. The normalized spacial score (nSPS) is 25.2. The molecule has 3 heteroatoms. The van der Waals surface area contributed by atoms with Gasteiger partial charge in [-0.3, -0.25) is 0 Å². The predicted molar refractivity (Wildman–Crippen MR) is 80.8 cm³/mol. The van der Waals surface area contributed by atoms with Crippen LogP contribution in [0.4, 0.5) is 0 Å². The minimum absolute atomic E-state index is 0.439. The lowest BCUT2D eigenvalue weighted by Gasteiger charge is -2.34. The predicted octanol–water partition coefficient (Wildman–Crippen LogP) is 3.11. The summed E-state index contributed by atoms with van der Waals surface area (Å²) in [6, 6.07) is 8.81.